The molecule has 1 aromatic heterocycles. The number of hydrogen-bond acceptors (Lipinski definition) is 1. The van der Waals surface area contributed by atoms with Gasteiger partial charge in [-0.2, -0.15) is 0 Å². The number of carbonyl (C=O) groups is 1. The fourth-order valence-corrected chi connectivity index (χ4v) is 2.40. The number of benzene rings is 1. The van der Waals surface area contributed by atoms with Crippen LogP contribution in [0.5, 0.6) is 0 Å². The molecule has 1 N–H and O–H groups in total. The minimum atomic E-state index is -0.175. The quantitative estimate of drug-likeness (QED) is 0.805. The molecule has 0 atom stereocenters. The minimum absolute atomic E-state index is 0.175. The van der Waals surface area contributed by atoms with Crippen LogP contribution in [0.15, 0.2) is 39.4 Å². The molecular formula is C12H9Br2ClN2O. The maximum absolute atomic E-state index is 12.1. The molecule has 0 saturated heterocycles. The maximum atomic E-state index is 12.1. The Morgan fingerprint density at radius 2 is 1.89 bits per heavy atom. The van der Waals surface area contributed by atoms with Crippen LogP contribution in [0.4, 0.5) is 5.69 Å². The van der Waals surface area contributed by atoms with E-state index in [4.69, 9.17) is 11.6 Å². The summed E-state index contributed by atoms with van der Waals surface area (Å²) in [5.41, 5.74) is 1.27. The van der Waals surface area contributed by atoms with Crippen LogP contribution in [0.1, 0.15) is 10.5 Å². The fourth-order valence-electron chi connectivity index (χ4n) is 1.49. The van der Waals surface area contributed by atoms with Crippen molar-refractivity contribution in [2.24, 2.45) is 7.05 Å². The number of halogens is 3. The second-order valence-electron chi connectivity index (χ2n) is 3.69. The molecule has 0 aliphatic carbocycles. The van der Waals surface area contributed by atoms with Crippen LogP contribution < -0.4 is 5.32 Å². The summed E-state index contributed by atoms with van der Waals surface area (Å²) in [7, 11) is 1.81. The Labute approximate surface area is 126 Å². The highest BCUT2D eigenvalue weighted by molar-refractivity contribution is 9.13. The number of aromatic nitrogens is 1. The first-order chi connectivity index (χ1) is 8.49. The molecule has 2 aromatic rings. The van der Waals surface area contributed by atoms with Crippen LogP contribution in [-0.4, -0.2) is 10.5 Å². The summed E-state index contributed by atoms with van der Waals surface area (Å²) < 4.78 is 3.42. The van der Waals surface area contributed by atoms with Gasteiger partial charge in [0.2, 0.25) is 0 Å². The zero-order valence-corrected chi connectivity index (χ0v) is 13.3. The lowest BCUT2D eigenvalue weighted by atomic mass is 10.3. The Balaban J connectivity index is 2.22. The topological polar surface area (TPSA) is 34.0 Å². The molecule has 0 fully saturated rings. The van der Waals surface area contributed by atoms with Gasteiger partial charge in [0, 0.05) is 17.8 Å². The lowest BCUT2D eigenvalue weighted by molar-refractivity contribution is 0.101. The second kappa shape index (κ2) is 5.47. The average Bonchev–Trinajstić information content (AvgIpc) is 2.60. The van der Waals surface area contributed by atoms with Gasteiger partial charge < -0.3 is 9.88 Å². The standard InChI is InChI=1S/C12H9Br2ClN2O/c1-17-10(6-9(13)11(17)14)12(18)16-8-4-2-7(15)3-5-8/h2-6H,1H3,(H,16,18). The number of nitrogens with one attached hydrogen (secondary N) is 1. The van der Waals surface area contributed by atoms with Crippen LogP contribution >= 0.6 is 43.5 Å². The molecule has 0 aliphatic rings. The maximum Gasteiger partial charge on any atom is 0.272 e. The van der Waals surface area contributed by atoms with Crippen LogP contribution in [0.25, 0.3) is 0 Å². The minimum Gasteiger partial charge on any atom is -0.333 e. The molecule has 6 heteroatoms. The molecule has 0 saturated carbocycles. The van der Waals surface area contributed by atoms with Crippen molar-refractivity contribution >= 4 is 55.1 Å². The molecule has 0 radical (unpaired) electrons. The Morgan fingerprint density at radius 3 is 2.39 bits per heavy atom. The number of rotatable bonds is 2. The van der Waals surface area contributed by atoms with Gasteiger partial charge in [-0.1, -0.05) is 11.6 Å². The molecule has 0 aliphatic heterocycles. The van der Waals surface area contributed by atoms with E-state index in [-0.39, 0.29) is 5.91 Å². The highest BCUT2D eigenvalue weighted by atomic mass is 79.9. The molecular weight excluding hydrogens is 383 g/mol. The van der Waals surface area contributed by atoms with E-state index in [2.05, 4.69) is 37.2 Å². The summed E-state index contributed by atoms with van der Waals surface area (Å²) in [6.45, 7) is 0. The molecule has 0 spiro atoms. The van der Waals surface area contributed by atoms with Gasteiger partial charge in [0.05, 0.1) is 9.08 Å². The summed E-state index contributed by atoms with van der Waals surface area (Å²) in [6.07, 6.45) is 0. The zero-order valence-electron chi connectivity index (χ0n) is 9.38. The molecule has 2 rings (SSSR count). The van der Waals surface area contributed by atoms with Gasteiger partial charge in [0.15, 0.2) is 0 Å². The zero-order chi connectivity index (χ0) is 13.3. The Bertz CT molecular complexity index is 593. The van der Waals surface area contributed by atoms with Crippen molar-refractivity contribution in [2.45, 2.75) is 0 Å². The highest BCUT2D eigenvalue weighted by Crippen LogP contribution is 2.26. The molecule has 1 heterocycles. The summed E-state index contributed by atoms with van der Waals surface area (Å²) in [5.74, 6) is -0.175. The normalized spacial score (nSPS) is 10.4. The molecule has 1 aromatic carbocycles. The number of amides is 1. The Hall–Kier alpha value is -0.780. The number of anilines is 1. The van der Waals surface area contributed by atoms with Gasteiger partial charge in [0.1, 0.15) is 5.69 Å². The summed E-state index contributed by atoms with van der Waals surface area (Å²) in [5, 5.41) is 3.44. The van der Waals surface area contributed by atoms with Crippen molar-refractivity contribution in [2.75, 3.05) is 5.32 Å². The van der Waals surface area contributed by atoms with Crippen molar-refractivity contribution < 1.29 is 4.79 Å². The molecule has 18 heavy (non-hydrogen) atoms. The lowest BCUT2D eigenvalue weighted by Crippen LogP contribution is -2.15. The first-order valence-corrected chi connectivity index (χ1v) is 7.03. The smallest absolute Gasteiger partial charge is 0.272 e. The van der Waals surface area contributed by atoms with E-state index in [1.54, 1.807) is 34.9 Å². The first-order valence-electron chi connectivity index (χ1n) is 5.06. The molecule has 1 amide bonds. The summed E-state index contributed by atoms with van der Waals surface area (Å²) in [6, 6.07) is 8.73. The lowest BCUT2D eigenvalue weighted by Gasteiger charge is -2.06. The predicted molar refractivity (Wildman–Crippen MR) is 80.2 cm³/mol. The van der Waals surface area contributed by atoms with Gasteiger partial charge in [-0.05, 0) is 62.2 Å². The van der Waals surface area contributed by atoms with Crippen LogP contribution in [0.3, 0.4) is 0 Å². The first kappa shape index (κ1) is 13.6. The van der Waals surface area contributed by atoms with Crippen molar-refractivity contribution in [3.8, 4) is 0 Å². The van der Waals surface area contributed by atoms with E-state index in [0.29, 0.717) is 16.4 Å². The molecule has 3 nitrogen and oxygen atoms in total. The van der Waals surface area contributed by atoms with Gasteiger partial charge in [-0.3, -0.25) is 4.79 Å². The fraction of sp³-hybridized carbons (Fsp3) is 0.0833. The van der Waals surface area contributed by atoms with Crippen LogP contribution in [0.2, 0.25) is 5.02 Å². The third kappa shape index (κ3) is 2.79. The van der Waals surface area contributed by atoms with E-state index in [1.807, 2.05) is 7.05 Å². The van der Waals surface area contributed by atoms with Crippen molar-refractivity contribution in [1.82, 2.24) is 4.57 Å². The average molecular weight is 392 g/mol. The van der Waals surface area contributed by atoms with E-state index in [0.717, 1.165) is 9.08 Å². The molecule has 94 valence electrons. The molecule has 0 unspecified atom stereocenters. The third-order valence-electron chi connectivity index (χ3n) is 2.45. The Morgan fingerprint density at radius 1 is 1.28 bits per heavy atom. The van der Waals surface area contributed by atoms with E-state index >= 15 is 0 Å². The number of nitrogens with zero attached hydrogens (tertiary/aromatic N) is 1. The van der Waals surface area contributed by atoms with Gasteiger partial charge in [0.25, 0.3) is 5.91 Å². The van der Waals surface area contributed by atoms with Crippen molar-refractivity contribution in [3.63, 3.8) is 0 Å². The van der Waals surface area contributed by atoms with Crippen LogP contribution in [0, 0.1) is 0 Å². The number of hydrogen-bond donors (Lipinski definition) is 1. The largest absolute Gasteiger partial charge is 0.333 e. The van der Waals surface area contributed by atoms with Crippen molar-refractivity contribution in [1.29, 1.82) is 0 Å². The van der Waals surface area contributed by atoms with Crippen molar-refractivity contribution in [3.05, 3.63) is 50.1 Å². The number of carbonyl (C=O) groups excluding carboxylic acids is 1. The SMILES string of the molecule is Cn1c(C(=O)Nc2ccc(Cl)cc2)cc(Br)c1Br. The predicted octanol–water partition coefficient (Wildman–Crippen LogP) is 4.46. The van der Waals surface area contributed by atoms with Gasteiger partial charge in [-0.15, -0.1) is 0 Å². The summed E-state index contributed by atoms with van der Waals surface area (Å²) >= 11 is 12.5. The molecule has 0 bridgehead atoms. The highest BCUT2D eigenvalue weighted by Gasteiger charge is 2.15. The van der Waals surface area contributed by atoms with E-state index < -0.39 is 0 Å². The second-order valence-corrected chi connectivity index (χ2v) is 5.73. The summed E-state index contributed by atoms with van der Waals surface area (Å²) in [4.78, 5) is 12.1. The monoisotopic (exact) mass is 390 g/mol. The van der Waals surface area contributed by atoms with Crippen LogP contribution in [-0.2, 0) is 7.05 Å². The van der Waals surface area contributed by atoms with E-state index in [9.17, 15) is 4.79 Å². The van der Waals surface area contributed by atoms with Gasteiger partial charge >= 0.3 is 0 Å². The van der Waals surface area contributed by atoms with Gasteiger partial charge in [-0.25, -0.2) is 0 Å². The Kier molecular flexibility index (Phi) is 4.14. The third-order valence-corrected chi connectivity index (χ3v) is 4.80. The van der Waals surface area contributed by atoms with E-state index in [1.165, 1.54) is 0 Å².